The normalized spacial score (nSPS) is 16.6. The number of nitrogens with one attached hydrogen (secondary N) is 1. The molecule has 6 nitrogen and oxygen atoms in total. The molecule has 2 aromatic rings. The van der Waals surface area contributed by atoms with Crippen LogP contribution in [0.4, 0.5) is 0 Å². The van der Waals surface area contributed by atoms with Crippen molar-refractivity contribution in [3.63, 3.8) is 0 Å². The molecule has 0 bridgehead atoms. The first kappa shape index (κ1) is 17.7. The van der Waals surface area contributed by atoms with E-state index in [0.29, 0.717) is 43.2 Å². The number of benzene rings is 1. The first-order valence-electron chi connectivity index (χ1n) is 8.54. The largest absolute Gasteiger partial charge is 0.357 e. The molecule has 0 atom stereocenters. The Bertz CT molecular complexity index is 814. The topological polar surface area (TPSA) is 73.5 Å². The van der Waals surface area contributed by atoms with Crippen molar-refractivity contribution in [1.29, 1.82) is 0 Å². The Labute approximate surface area is 148 Å². The molecule has 0 saturated carbocycles. The van der Waals surface area contributed by atoms with E-state index < -0.39 is 10.0 Å². The van der Waals surface area contributed by atoms with E-state index in [1.807, 2.05) is 19.1 Å². The van der Waals surface area contributed by atoms with Gasteiger partial charge < -0.3 is 9.88 Å². The molecule has 2 heterocycles. The first-order chi connectivity index (χ1) is 12.0. The number of hydrogen-bond acceptors (Lipinski definition) is 3. The zero-order valence-electron chi connectivity index (χ0n) is 14.3. The van der Waals surface area contributed by atoms with Gasteiger partial charge in [0.2, 0.25) is 10.0 Å². The fraction of sp³-hybridized carbons (Fsp3) is 0.389. The maximum Gasteiger partial charge on any atom is 0.270 e. The van der Waals surface area contributed by atoms with E-state index in [0.717, 1.165) is 12.0 Å². The molecule has 25 heavy (non-hydrogen) atoms. The van der Waals surface area contributed by atoms with Crippen molar-refractivity contribution in [2.24, 2.45) is 0 Å². The Morgan fingerprint density at radius 1 is 1.08 bits per heavy atom. The van der Waals surface area contributed by atoms with Crippen molar-refractivity contribution in [3.8, 4) is 0 Å². The van der Waals surface area contributed by atoms with Crippen LogP contribution >= 0.6 is 0 Å². The summed E-state index contributed by atoms with van der Waals surface area (Å²) >= 11 is 0. The molecule has 1 aromatic carbocycles. The van der Waals surface area contributed by atoms with Gasteiger partial charge in [-0.05, 0) is 42.7 Å². The highest BCUT2D eigenvalue weighted by atomic mass is 32.2. The van der Waals surface area contributed by atoms with Crippen molar-refractivity contribution in [2.75, 3.05) is 26.2 Å². The predicted molar refractivity (Wildman–Crippen MR) is 95.9 cm³/mol. The van der Waals surface area contributed by atoms with Crippen LogP contribution in [0.5, 0.6) is 0 Å². The van der Waals surface area contributed by atoms with Crippen LogP contribution in [0.1, 0.15) is 29.4 Å². The molecule has 0 radical (unpaired) electrons. The minimum absolute atomic E-state index is 0.0865. The van der Waals surface area contributed by atoms with Gasteiger partial charge in [-0.1, -0.05) is 19.1 Å². The average Bonchev–Trinajstić information content (AvgIpc) is 3.05. The Balaban J connectivity index is 1.72. The molecule has 0 spiro atoms. The maximum atomic E-state index is 12.9. The van der Waals surface area contributed by atoms with Gasteiger partial charge in [0.1, 0.15) is 5.69 Å². The molecule has 3 rings (SSSR count). The number of H-pyrrole nitrogens is 1. The molecule has 1 fully saturated rings. The lowest BCUT2D eigenvalue weighted by atomic mass is 10.2. The van der Waals surface area contributed by atoms with E-state index in [1.165, 1.54) is 4.31 Å². The summed E-state index contributed by atoms with van der Waals surface area (Å²) in [5.41, 5.74) is 1.64. The zero-order valence-corrected chi connectivity index (χ0v) is 15.1. The van der Waals surface area contributed by atoms with Crippen molar-refractivity contribution in [3.05, 3.63) is 53.9 Å². The first-order valence-corrected chi connectivity index (χ1v) is 9.98. The fourth-order valence-electron chi connectivity index (χ4n) is 3.02. The number of nitrogens with zero attached hydrogens (tertiary/aromatic N) is 2. The van der Waals surface area contributed by atoms with Crippen molar-refractivity contribution in [2.45, 2.75) is 24.7 Å². The molecular formula is C18H23N3O3S. The van der Waals surface area contributed by atoms with Crippen LogP contribution in [0, 0.1) is 0 Å². The Kier molecular flexibility index (Phi) is 5.24. The summed E-state index contributed by atoms with van der Waals surface area (Å²) in [6, 6.07) is 10.6. The molecule has 0 aliphatic carbocycles. The van der Waals surface area contributed by atoms with Gasteiger partial charge >= 0.3 is 0 Å². The van der Waals surface area contributed by atoms with Crippen LogP contribution in [0.15, 0.2) is 47.5 Å². The predicted octanol–water partition coefficient (Wildman–Crippen LogP) is 2.11. The molecule has 134 valence electrons. The van der Waals surface area contributed by atoms with Gasteiger partial charge in [-0.25, -0.2) is 8.42 Å². The fourth-order valence-corrected chi connectivity index (χ4v) is 4.49. The van der Waals surface area contributed by atoms with Crippen molar-refractivity contribution in [1.82, 2.24) is 14.2 Å². The van der Waals surface area contributed by atoms with Gasteiger partial charge in [-0.15, -0.1) is 0 Å². The summed E-state index contributed by atoms with van der Waals surface area (Å²) in [5, 5.41) is 0. The number of amides is 1. The van der Waals surface area contributed by atoms with Gasteiger partial charge in [-0.3, -0.25) is 4.79 Å². The van der Waals surface area contributed by atoms with Crippen LogP contribution < -0.4 is 0 Å². The van der Waals surface area contributed by atoms with Crippen LogP contribution in [0.25, 0.3) is 0 Å². The van der Waals surface area contributed by atoms with E-state index in [2.05, 4.69) is 4.98 Å². The van der Waals surface area contributed by atoms with E-state index in [-0.39, 0.29) is 5.91 Å². The number of hydrogen-bond donors (Lipinski definition) is 1. The lowest BCUT2D eigenvalue weighted by Crippen LogP contribution is -2.37. The van der Waals surface area contributed by atoms with Crippen LogP contribution in [0.3, 0.4) is 0 Å². The summed E-state index contributed by atoms with van der Waals surface area (Å²) in [5.74, 6) is -0.0865. The monoisotopic (exact) mass is 361 g/mol. The SMILES string of the molecule is CCc1ccc(S(=O)(=O)N2CCCN(C(=O)c3ccc[nH]3)CC2)cc1. The summed E-state index contributed by atoms with van der Waals surface area (Å²) < 4.78 is 27.2. The van der Waals surface area contributed by atoms with Gasteiger partial charge in [-0.2, -0.15) is 4.31 Å². The third-order valence-corrected chi connectivity index (χ3v) is 6.45. The van der Waals surface area contributed by atoms with Gasteiger partial charge in [0.25, 0.3) is 5.91 Å². The van der Waals surface area contributed by atoms with E-state index in [4.69, 9.17) is 0 Å². The van der Waals surface area contributed by atoms with E-state index in [1.54, 1.807) is 35.4 Å². The molecule has 1 aliphatic heterocycles. The van der Waals surface area contributed by atoms with Crippen LogP contribution in [-0.4, -0.2) is 54.7 Å². The number of sulfonamides is 1. The standard InChI is InChI=1S/C18H23N3O3S/c1-2-15-6-8-16(9-7-15)25(23,24)21-12-4-11-20(13-14-21)18(22)17-5-3-10-19-17/h3,5-10,19H,2,4,11-14H2,1H3. The Morgan fingerprint density at radius 3 is 2.48 bits per heavy atom. The second-order valence-electron chi connectivity index (χ2n) is 6.13. The van der Waals surface area contributed by atoms with E-state index >= 15 is 0 Å². The number of aromatic amines is 1. The molecule has 1 saturated heterocycles. The third-order valence-electron chi connectivity index (χ3n) is 4.54. The molecular weight excluding hydrogens is 338 g/mol. The zero-order chi connectivity index (χ0) is 17.9. The average molecular weight is 361 g/mol. The third kappa shape index (κ3) is 3.77. The van der Waals surface area contributed by atoms with Gasteiger partial charge in [0.05, 0.1) is 4.90 Å². The number of aryl methyl sites for hydroxylation is 1. The molecule has 0 unspecified atom stereocenters. The molecule has 7 heteroatoms. The summed E-state index contributed by atoms with van der Waals surface area (Å²) in [7, 11) is -3.53. The highest BCUT2D eigenvalue weighted by molar-refractivity contribution is 7.89. The summed E-state index contributed by atoms with van der Waals surface area (Å²) in [4.78, 5) is 17.4. The van der Waals surface area contributed by atoms with Gasteiger partial charge in [0, 0.05) is 32.4 Å². The Morgan fingerprint density at radius 2 is 1.84 bits per heavy atom. The highest BCUT2D eigenvalue weighted by Gasteiger charge is 2.28. The Hall–Kier alpha value is -2.12. The van der Waals surface area contributed by atoms with Crippen LogP contribution in [-0.2, 0) is 16.4 Å². The number of carbonyl (C=O) groups is 1. The second-order valence-corrected chi connectivity index (χ2v) is 8.07. The quantitative estimate of drug-likeness (QED) is 0.906. The van der Waals surface area contributed by atoms with Crippen molar-refractivity contribution < 1.29 is 13.2 Å². The second kappa shape index (κ2) is 7.41. The smallest absolute Gasteiger partial charge is 0.270 e. The van der Waals surface area contributed by atoms with E-state index in [9.17, 15) is 13.2 Å². The number of aromatic nitrogens is 1. The van der Waals surface area contributed by atoms with Crippen LogP contribution in [0.2, 0.25) is 0 Å². The van der Waals surface area contributed by atoms with Crippen molar-refractivity contribution >= 4 is 15.9 Å². The molecule has 1 amide bonds. The minimum atomic E-state index is -3.53. The molecule has 1 N–H and O–H groups in total. The summed E-state index contributed by atoms with van der Waals surface area (Å²) in [6.07, 6.45) is 3.21. The highest BCUT2D eigenvalue weighted by Crippen LogP contribution is 2.19. The number of rotatable bonds is 4. The summed E-state index contributed by atoms with van der Waals surface area (Å²) in [6.45, 7) is 3.72. The lowest BCUT2D eigenvalue weighted by Gasteiger charge is -2.21. The maximum absolute atomic E-state index is 12.9. The minimum Gasteiger partial charge on any atom is -0.357 e. The van der Waals surface area contributed by atoms with Gasteiger partial charge in [0.15, 0.2) is 0 Å². The number of carbonyl (C=O) groups excluding carboxylic acids is 1. The molecule has 1 aliphatic rings. The lowest BCUT2D eigenvalue weighted by molar-refractivity contribution is 0.0759. The molecule has 1 aromatic heterocycles.